The van der Waals surface area contributed by atoms with E-state index in [0.717, 1.165) is 25.0 Å². The van der Waals surface area contributed by atoms with Crippen LogP contribution in [0, 0.1) is 0 Å². The van der Waals surface area contributed by atoms with E-state index in [4.69, 9.17) is 9.15 Å². The van der Waals surface area contributed by atoms with Gasteiger partial charge in [0.05, 0.1) is 6.04 Å². The topological polar surface area (TPSA) is 51.5 Å². The van der Waals surface area contributed by atoms with Gasteiger partial charge in [0.15, 0.2) is 5.76 Å². The largest absolute Gasteiger partial charge is 0.486 e. The highest BCUT2D eigenvalue weighted by Crippen LogP contribution is 2.29. The summed E-state index contributed by atoms with van der Waals surface area (Å²) in [7, 11) is 0. The monoisotopic (exact) mass is 347 g/mol. The van der Waals surface area contributed by atoms with Crippen molar-refractivity contribution in [3.8, 4) is 5.75 Å². The molecule has 0 fully saturated rings. The fourth-order valence-corrected chi connectivity index (χ4v) is 3.38. The van der Waals surface area contributed by atoms with Gasteiger partial charge in [0, 0.05) is 0 Å². The maximum absolute atomic E-state index is 12.6. The van der Waals surface area contributed by atoms with Gasteiger partial charge >= 0.3 is 0 Å². The first-order chi connectivity index (χ1) is 12.8. The van der Waals surface area contributed by atoms with Gasteiger partial charge in [-0.1, -0.05) is 42.5 Å². The number of aryl methyl sites for hydroxylation is 1. The Bertz CT molecular complexity index is 885. The van der Waals surface area contributed by atoms with E-state index in [1.54, 1.807) is 12.1 Å². The molecule has 0 unspecified atom stereocenters. The minimum atomic E-state index is -0.183. The van der Waals surface area contributed by atoms with Crippen molar-refractivity contribution in [2.75, 3.05) is 0 Å². The lowest BCUT2D eigenvalue weighted by molar-refractivity contribution is 0.0900. The first-order valence-electron chi connectivity index (χ1n) is 8.95. The highest BCUT2D eigenvalue weighted by molar-refractivity contribution is 5.91. The molecule has 132 valence electrons. The summed E-state index contributed by atoms with van der Waals surface area (Å²) < 4.78 is 11.3. The number of carbonyl (C=O) groups excluding carboxylic acids is 1. The summed E-state index contributed by atoms with van der Waals surface area (Å²) in [5.41, 5.74) is 2.53. The van der Waals surface area contributed by atoms with E-state index >= 15 is 0 Å². The summed E-state index contributed by atoms with van der Waals surface area (Å²) in [6, 6.07) is 21.4. The minimum absolute atomic E-state index is 0.0431. The standard InChI is InChI=1S/C22H21NO3/c24-22(23-20-12-6-8-16-7-4-5-11-19(16)20)21-14-13-18(26-21)15-25-17-9-2-1-3-10-17/h1-5,7,9-11,13-14,20H,6,8,12,15H2,(H,23,24)/t20-/m1/s1. The van der Waals surface area contributed by atoms with Crippen LogP contribution in [-0.2, 0) is 13.0 Å². The Labute approximate surface area is 152 Å². The van der Waals surface area contributed by atoms with Gasteiger partial charge in [-0.2, -0.15) is 0 Å². The Morgan fingerprint density at radius 1 is 1.04 bits per heavy atom. The molecule has 1 N–H and O–H groups in total. The second-order valence-corrected chi connectivity index (χ2v) is 6.48. The second kappa shape index (κ2) is 7.48. The third-order valence-electron chi connectivity index (χ3n) is 4.68. The molecule has 4 nitrogen and oxygen atoms in total. The van der Waals surface area contributed by atoms with E-state index in [1.807, 2.05) is 36.4 Å². The fraction of sp³-hybridized carbons (Fsp3) is 0.227. The average Bonchev–Trinajstić information content (AvgIpc) is 3.17. The molecule has 1 aliphatic rings. The van der Waals surface area contributed by atoms with Crippen LogP contribution in [0.3, 0.4) is 0 Å². The van der Waals surface area contributed by atoms with Crippen molar-refractivity contribution in [1.29, 1.82) is 0 Å². The van der Waals surface area contributed by atoms with E-state index < -0.39 is 0 Å². The van der Waals surface area contributed by atoms with Crippen LogP contribution in [0.25, 0.3) is 0 Å². The Balaban J connectivity index is 1.39. The number of rotatable bonds is 5. The summed E-state index contributed by atoms with van der Waals surface area (Å²) in [5, 5.41) is 3.10. The zero-order chi connectivity index (χ0) is 17.8. The summed E-state index contributed by atoms with van der Waals surface area (Å²) in [6.07, 6.45) is 3.11. The van der Waals surface area contributed by atoms with Gasteiger partial charge in [-0.25, -0.2) is 0 Å². The number of carbonyl (C=O) groups is 1. The summed E-state index contributed by atoms with van der Waals surface area (Å²) >= 11 is 0. The average molecular weight is 347 g/mol. The van der Waals surface area contributed by atoms with Crippen LogP contribution in [0.5, 0.6) is 5.75 Å². The second-order valence-electron chi connectivity index (χ2n) is 6.48. The highest BCUT2D eigenvalue weighted by atomic mass is 16.5. The molecule has 1 atom stereocenters. The lowest BCUT2D eigenvalue weighted by Crippen LogP contribution is -2.30. The molecule has 0 spiro atoms. The smallest absolute Gasteiger partial charge is 0.287 e. The number of hydrogen-bond donors (Lipinski definition) is 1. The molecular weight excluding hydrogens is 326 g/mol. The molecular formula is C22H21NO3. The van der Waals surface area contributed by atoms with Gasteiger partial charge in [-0.3, -0.25) is 4.79 Å². The number of hydrogen-bond acceptors (Lipinski definition) is 3. The lowest BCUT2D eigenvalue weighted by atomic mass is 9.88. The number of furan rings is 1. The molecule has 1 amide bonds. The number of ether oxygens (including phenoxy) is 1. The van der Waals surface area contributed by atoms with Gasteiger partial charge in [-0.05, 0) is 54.7 Å². The van der Waals surface area contributed by atoms with E-state index in [2.05, 4.69) is 23.5 Å². The van der Waals surface area contributed by atoms with Crippen LogP contribution >= 0.6 is 0 Å². The zero-order valence-electron chi connectivity index (χ0n) is 14.5. The summed E-state index contributed by atoms with van der Waals surface area (Å²) in [5.74, 6) is 1.54. The van der Waals surface area contributed by atoms with Crippen molar-refractivity contribution in [2.45, 2.75) is 31.9 Å². The molecule has 0 aliphatic heterocycles. The molecule has 1 aliphatic carbocycles. The van der Waals surface area contributed by atoms with Gasteiger partial charge in [0.25, 0.3) is 5.91 Å². The van der Waals surface area contributed by atoms with Crippen molar-refractivity contribution in [2.24, 2.45) is 0 Å². The number of nitrogens with one attached hydrogen (secondary N) is 1. The van der Waals surface area contributed by atoms with Crippen LogP contribution in [0.1, 0.15) is 46.3 Å². The molecule has 1 aromatic heterocycles. The molecule has 3 aromatic rings. The molecule has 4 heteroatoms. The molecule has 0 radical (unpaired) electrons. The van der Waals surface area contributed by atoms with E-state index in [0.29, 0.717) is 18.1 Å². The van der Waals surface area contributed by atoms with Gasteiger partial charge < -0.3 is 14.5 Å². The van der Waals surface area contributed by atoms with Crippen molar-refractivity contribution in [1.82, 2.24) is 5.32 Å². The van der Waals surface area contributed by atoms with E-state index in [-0.39, 0.29) is 11.9 Å². The Morgan fingerprint density at radius 2 is 1.85 bits per heavy atom. The minimum Gasteiger partial charge on any atom is -0.486 e. The normalized spacial score (nSPS) is 15.9. The van der Waals surface area contributed by atoms with E-state index in [9.17, 15) is 4.79 Å². The van der Waals surface area contributed by atoms with Crippen LogP contribution in [0.15, 0.2) is 71.1 Å². The van der Waals surface area contributed by atoms with Crippen LogP contribution in [0.2, 0.25) is 0 Å². The number of amides is 1. The van der Waals surface area contributed by atoms with E-state index in [1.165, 1.54) is 11.1 Å². The maximum atomic E-state index is 12.6. The van der Waals surface area contributed by atoms with Crippen molar-refractivity contribution < 1.29 is 13.9 Å². The number of benzene rings is 2. The highest BCUT2D eigenvalue weighted by Gasteiger charge is 2.23. The predicted molar refractivity (Wildman–Crippen MR) is 99.1 cm³/mol. The van der Waals surface area contributed by atoms with Gasteiger partial charge in [0.2, 0.25) is 0 Å². The maximum Gasteiger partial charge on any atom is 0.287 e. The molecule has 0 saturated heterocycles. The molecule has 4 rings (SSSR count). The van der Waals surface area contributed by atoms with Crippen LogP contribution in [-0.4, -0.2) is 5.91 Å². The quantitative estimate of drug-likeness (QED) is 0.730. The summed E-state index contributed by atoms with van der Waals surface area (Å²) in [6.45, 7) is 0.295. The molecule has 1 heterocycles. The van der Waals surface area contributed by atoms with Gasteiger partial charge in [0.1, 0.15) is 18.1 Å². The van der Waals surface area contributed by atoms with Crippen molar-refractivity contribution in [3.05, 3.63) is 89.4 Å². The molecule has 2 aromatic carbocycles. The molecule has 0 saturated carbocycles. The first-order valence-corrected chi connectivity index (χ1v) is 8.95. The third-order valence-corrected chi connectivity index (χ3v) is 4.68. The fourth-order valence-electron chi connectivity index (χ4n) is 3.38. The number of fused-ring (bicyclic) bond motifs is 1. The first kappa shape index (κ1) is 16.5. The zero-order valence-corrected chi connectivity index (χ0v) is 14.5. The Kier molecular flexibility index (Phi) is 4.73. The Hall–Kier alpha value is -3.01. The molecule has 0 bridgehead atoms. The molecule has 26 heavy (non-hydrogen) atoms. The Morgan fingerprint density at radius 3 is 2.73 bits per heavy atom. The lowest BCUT2D eigenvalue weighted by Gasteiger charge is -2.25. The van der Waals surface area contributed by atoms with Crippen molar-refractivity contribution >= 4 is 5.91 Å². The number of para-hydroxylation sites is 1. The van der Waals surface area contributed by atoms with Gasteiger partial charge in [-0.15, -0.1) is 0 Å². The SMILES string of the molecule is O=C(N[C@@H]1CCCc2ccccc21)c1ccc(COc2ccccc2)o1. The van der Waals surface area contributed by atoms with Crippen LogP contribution < -0.4 is 10.1 Å². The van der Waals surface area contributed by atoms with Crippen molar-refractivity contribution in [3.63, 3.8) is 0 Å². The predicted octanol–water partition coefficient (Wildman–Crippen LogP) is 4.67. The van der Waals surface area contributed by atoms with Crippen LogP contribution in [0.4, 0.5) is 0 Å². The summed E-state index contributed by atoms with van der Waals surface area (Å²) in [4.78, 5) is 12.6. The third kappa shape index (κ3) is 3.64.